The highest BCUT2D eigenvalue weighted by Crippen LogP contribution is 2.29. The Bertz CT molecular complexity index is 793. The van der Waals surface area contributed by atoms with Gasteiger partial charge in [0.05, 0.1) is 31.6 Å². The Morgan fingerprint density at radius 2 is 1.58 bits per heavy atom. The number of aromatic carboxylic acids is 1. The van der Waals surface area contributed by atoms with Gasteiger partial charge in [-0.2, -0.15) is 0 Å². The molecular weight excluding hydrogens is 338 g/mol. The number of carboxylic acid groups (broad SMARTS) is 1. The van der Waals surface area contributed by atoms with Crippen LogP contribution in [0.3, 0.4) is 0 Å². The van der Waals surface area contributed by atoms with Crippen molar-refractivity contribution in [3.63, 3.8) is 0 Å². The fourth-order valence-electron chi connectivity index (χ4n) is 2.25. The zero-order valence-electron chi connectivity index (χ0n) is 15.0. The highest BCUT2D eigenvalue weighted by molar-refractivity contribution is 6.06. The normalized spacial score (nSPS) is 10.3. The van der Waals surface area contributed by atoms with Gasteiger partial charge in [-0.25, -0.2) is 4.79 Å². The van der Waals surface area contributed by atoms with E-state index in [1.165, 1.54) is 32.4 Å². The molecule has 2 aromatic rings. The van der Waals surface area contributed by atoms with Gasteiger partial charge in [-0.05, 0) is 44.2 Å². The number of hydrogen-bond donors (Lipinski definition) is 2. The first-order valence-corrected chi connectivity index (χ1v) is 7.92. The zero-order valence-corrected chi connectivity index (χ0v) is 15.0. The molecule has 138 valence electrons. The SMILES string of the molecule is COc1cc(OC)cc(C(=O)Nc2cc(C(=O)O)ccc2OC(C)C)c1. The van der Waals surface area contributed by atoms with Crippen molar-refractivity contribution in [3.8, 4) is 17.2 Å². The minimum Gasteiger partial charge on any atom is -0.497 e. The highest BCUT2D eigenvalue weighted by Gasteiger charge is 2.16. The van der Waals surface area contributed by atoms with Crippen LogP contribution in [0.2, 0.25) is 0 Å². The molecule has 0 saturated heterocycles. The maximum atomic E-state index is 12.6. The molecule has 0 radical (unpaired) electrons. The van der Waals surface area contributed by atoms with Crippen LogP contribution in [0.1, 0.15) is 34.6 Å². The Labute approximate surface area is 151 Å². The van der Waals surface area contributed by atoms with E-state index in [4.69, 9.17) is 14.2 Å². The van der Waals surface area contributed by atoms with Gasteiger partial charge in [0.15, 0.2) is 0 Å². The van der Waals surface area contributed by atoms with E-state index >= 15 is 0 Å². The molecule has 2 aromatic carbocycles. The number of carbonyl (C=O) groups is 2. The molecule has 2 N–H and O–H groups in total. The van der Waals surface area contributed by atoms with Crippen LogP contribution in [0.4, 0.5) is 5.69 Å². The van der Waals surface area contributed by atoms with E-state index in [9.17, 15) is 14.7 Å². The number of rotatable bonds is 7. The number of methoxy groups -OCH3 is 2. The van der Waals surface area contributed by atoms with Crippen LogP contribution in [0.25, 0.3) is 0 Å². The van der Waals surface area contributed by atoms with Gasteiger partial charge in [-0.3, -0.25) is 4.79 Å². The Hall–Kier alpha value is -3.22. The molecule has 0 aliphatic heterocycles. The highest BCUT2D eigenvalue weighted by atomic mass is 16.5. The maximum absolute atomic E-state index is 12.6. The molecule has 0 aliphatic rings. The topological polar surface area (TPSA) is 94.1 Å². The molecule has 0 unspecified atom stereocenters. The summed E-state index contributed by atoms with van der Waals surface area (Å²) in [5, 5.41) is 11.9. The number of nitrogens with one attached hydrogen (secondary N) is 1. The lowest BCUT2D eigenvalue weighted by molar-refractivity contribution is 0.0696. The molecule has 7 nitrogen and oxygen atoms in total. The molecule has 0 fully saturated rings. The van der Waals surface area contributed by atoms with Gasteiger partial charge in [0, 0.05) is 11.6 Å². The maximum Gasteiger partial charge on any atom is 0.335 e. The number of amides is 1. The minimum absolute atomic E-state index is 0.0413. The summed E-state index contributed by atoms with van der Waals surface area (Å²) in [5.74, 6) is -0.230. The van der Waals surface area contributed by atoms with E-state index in [2.05, 4.69) is 5.32 Å². The number of carboxylic acids is 1. The fraction of sp³-hybridized carbons (Fsp3) is 0.263. The van der Waals surface area contributed by atoms with E-state index < -0.39 is 11.9 Å². The van der Waals surface area contributed by atoms with Gasteiger partial charge in [0.2, 0.25) is 0 Å². The van der Waals surface area contributed by atoms with Crippen molar-refractivity contribution in [3.05, 3.63) is 47.5 Å². The summed E-state index contributed by atoms with van der Waals surface area (Å²) in [7, 11) is 2.97. The zero-order chi connectivity index (χ0) is 19.3. The van der Waals surface area contributed by atoms with Gasteiger partial charge < -0.3 is 24.6 Å². The van der Waals surface area contributed by atoms with Crippen LogP contribution < -0.4 is 19.5 Å². The third-order valence-electron chi connectivity index (χ3n) is 3.45. The van der Waals surface area contributed by atoms with E-state index in [1.807, 2.05) is 13.8 Å². The van der Waals surface area contributed by atoms with Crippen molar-refractivity contribution in [2.75, 3.05) is 19.5 Å². The predicted octanol–water partition coefficient (Wildman–Crippen LogP) is 3.44. The quantitative estimate of drug-likeness (QED) is 0.786. The molecule has 2 rings (SSSR count). The van der Waals surface area contributed by atoms with E-state index in [1.54, 1.807) is 18.2 Å². The van der Waals surface area contributed by atoms with Gasteiger partial charge in [-0.1, -0.05) is 0 Å². The Morgan fingerprint density at radius 1 is 0.962 bits per heavy atom. The smallest absolute Gasteiger partial charge is 0.335 e. The first kappa shape index (κ1) is 19.1. The monoisotopic (exact) mass is 359 g/mol. The lowest BCUT2D eigenvalue weighted by Gasteiger charge is -2.16. The van der Waals surface area contributed by atoms with E-state index in [0.717, 1.165) is 0 Å². The van der Waals surface area contributed by atoms with Crippen molar-refractivity contribution >= 4 is 17.6 Å². The molecule has 0 bridgehead atoms. The van der Waals surface area contributed by atoms with Crippen LogP contribution >= 0.6 is 0 Å². The molecule has 1 amide bonds. The van der Waals surface area contributed by atoms with Crippen molar-refractivity contribution in [1.29, 1.82) is 0 Å². The fourth-order valence-corrected chi connectivity index (χ4v) is 2.25. The van der Waals surface area contributed by atoms with Crippen LogP contribution in [0.5, 0.6) is 17.2 Å². The predicted molar refractivity (Wildman–Crippen MR) is 96.7 cm³/mol. The van der Waals surface area contributed by atoms with Crippen molar-refractivity contribution < 1.29 is 28.9 Å². The molecular formula is C19H21NO6. The molecule has 0 aliphatic carbocycles. The number of carbonyl (C=O) groups excluding carboxylic acids is 1. The van der Waals surface area contributed by atoms with Crippen molar-refractivity contribution in [2.45, 2.75) is 20.0 Å². The van der Waals surface area contributed by atoms with Crippen LogP contribution in [0.15, 0.2) is 36.4 Å². The van der Waals surface area contributed by atoms with Crippen LogP contribution in [-0.4, -0.2) is 37.3 Å². The average molecular weight is 359 g/mol. The third-order valence-corrected chi connectivity index (χ3v) is 3.45. The van der Waals surface area contributed by atoms with Gasteiger partial charge >= 0.3 is 5.97 Å². The molecule has 0 heterocycles. The summed E-state index contributed by atoms with van der Waals surface area (Å²) in [6.07, 6.45) is -0.141. The van der Waals surface area contributed by atoms with Gasteiger partial charge in [0.1, 0.15) is 17.2 Å². The number of ether oxygens (including phenoxy) is 3. The first-order valence-electron chi connectivity index (χ1n) is 7.92. The number of anilines is 1. The van der Waals surface area contributed by atoms with Gasteiger partial charge in [-0.15, -0.1) is 0 Å². The van der Waals surface area contributed by atoms with Gasteiger partial charge in [0.25, 0.3) is 5.91 Å². The summed E-state index contributed by atoms with van der Waals surface area (Å²) < 4.78 is 16.0. The number of benzene rings is 2. The average Bonchev–Trinajstić information content (AvgIpc) is 2.61. The molecule has 7 heteroatoms. The van der Waals surface area contributed by atoms with E-state index in [0.29, 0.717) is 22.8 Å². The number of hydrogen-bond acceptors (Lipinski definition) is 5. The Kier molecular flexibility index (Phi) is 6.06. The molecule has 0 saturated carbocycles. The molecule has 26 heavy (non-hydrogen) atoms. The second-order valence-corrected chi connectivity index (χ2v) is 5.74. The van der Waals surface area contributed by atoms with E-state index in [-0.39, 0.29) is 17.4 Å². The summed E-state index contributed by atoms with van der Waals surface area (Å²) in [5.41, 5.74) is 0.613. The second kappa shape index (κ2) is 8.24. The van der Waals surface area contributed by atoms with Crippen molar-refractivity contribution in [2.24, 2.45) is 0 Å². The lowest BCUT2D eigenvalue weighted by Crippen LogP contribution is -2.15. The molecule has 0 spiro atoms. The van der Waals surface area contributed by atoms with Crippen LogP contribution in [0, 0.1) is 0 Å². The standard InChI is InChI=1S/C19H21NO6/c1-11(2)26-17-6-5-12(19(22)23)9-16(17)20-18(21)13-7-14(24-3)10-15(8-13)25-4/h5-11H,1-4H3,(H,20,21)(H,22,23). The second-order valence-electron chi connectivity index (χ2n) is 5.74. The third kappa shape index (κ3) is 4.66. The Morgan fingerprint density at radius 3 is 2.08 bits per heavy atom. The van der Waals surface area contributed by atoms with Crippen molar-refractivity contribution in [1.82, 2.24) is 0 Å². The summed E-state index contributed by atoms with van der Waals surface area (Å²) in [6, 6.07) is 9.06. The summed E-state index contributed by atoms with van der Waals surface area (Å²) in [6.45, 7) is 3.67. The lowest BCUT2D eigenvalue weighted by atomic mass is 10.1. The summed E-state index contributed by atoms with van der Waals surface area (Å²) in [4.78, 5) is 23.9. The molecule has 0 atom stereocenters. The first-order chi connectivity index (χ1) is 12.3. The van der Waals surface area contributed by atoms with Crippen LogP contribution in [-0.2, 0) is 0 Å². The summed E-state index contributed by atoms with van der Waals surface area (Å²) >= 11 is 0. The minimum atomic E-state index is -1.10. The Balaban J connectivity index is 2.38. The molecule has 0 aromatic heterocycles. The largest absolute Gasteiger partial charge is 0.497 e.